The van der Waals surface area contributed by atoms with Crippen LogP contribution in [0, 0.1) is 6.92 Å². The molecule has 0 aliphatic heterocycles. The van der Waals surface area contributed by atoms with E-state index in [2.05, 4.69) is 20.4 Å². The number of aromatic nitrogens is 4. The first-order valence-corrected chi connectivity index (χ1v) is 4.96. The minimum absolute atomic E-state index is 0.401. The molecule has 0 aliphatic rings. The molecule has 1 aromatic heterocycles. The van der Waals surface area contributed by atoms with E-state index < -0.39 is 0 Å². The van der Waals surface area contributed by atoms with E-state index in [-0.39, 0.29) is 0 Å². The number of hydrogen-bond donors (Lipinski definition) is 0. The molecule has 5 nitrogen and oxygen atoms in total. The number of ether oxygens (including phenoxy) is 1. The highest BCUT2D eigenvalue weighted by Crippen LogP contribution is 2.28. The van der Waals surface area contributed by atoms with Gasteiger partial charge in [0.15, 0.2) is 5.82 Å². The maximum absolute atomic E-state index is 6.07. The molecule has 0 aliphatic carbocycles. The molecule has 2 rings (SSSR count). The third kappa shape index (κ3) is 2.09. The second-order valence-electron chi connectivity index (χ2n) is 3.12. The van der Waals surface area contributed by atoms with Crippen molar-refractivity contribution >= 4 is 11.6 Å². The summed E-state index contributed by atoms with van der Waals surface area (Å²) in [7, 11) is 1.58. The van der Waals surface area contributed by atoms with E-state index in [0.29, 0.717) is 28.0 Å². The summed E-state index contributed by atoms with van der Waals surface area (Å²) in [5.74, 6) is 1.61. The summed E-state index contributed by atoms with van der Waals surface area (Å²) >= 11 is 6.07. The molecule has 0 N–H and O–H groups in total. The van der Waals surface area contributed by atoms with Crippen LogP contribution in [0.15, 0.2) is 18.2 Å². The van der Waals surface area contributed by atoms with Gasteiger partial charge in [-0.05, 0) is 25.1 Å². The Hall–Kier alpha value is -1.75. The van der Waals surface area contributed by atoms with Gasteiger partial charge in [-0.1, -0.05) is 11.6 Å². The van der Waals surface area contributed by atoms with Crippen LogP contribution in [-0.2, 0) is 0 Å². The molecule has 16 heavy (non-hydrogen) atoms. The van der Waals surface area contributed by atoms with Gasteiger partial charge in [-0.15, -0.1) is 20.4 Å². The second-order valence-corrected chi connectivity index (χ2v) is 3.52. The Morgan fingerprint density at radius 2 is 1.81 bits per heavy atom. The molecule has 0 radical (unpaired) electrons. The minimum Gasteiger partial charge on any atom is -0.497 e. The predicted molar refractivity (Wildman–Crippen MR) is 59.4 cm³/mol. The van der Waals surface area contributed by atoms with E-state index in [1.54, 1.807) is 32.2 Å². The van der Waals surface area contributed by atoms with Gasteiger partial charge >= 0.3 is 0 Å². The highest BCUT2D eigenvalue weighted by atomic mass is 35.5. The van der Waals surface area contributed by atoms with Crippen LogP contribution in [0.25, 0.3) is 11.4 Å². The van der Waals surface area contributed by atoms with Crippen molar-refractivity contribution in [3.8, 4) is 17.1 Å². The van der Waals surface area contributed by atoms with Gasteiger partial charge in [0.05, 0.1) is 12.1 Å². The number of aryl methyl sites for hydroxylation is 1. The third-order valence-corrected chi connectivity index (χ3v) is 2.31. The van der Waals surface area contributed by atoms with Gasteiger partial charge in [-0.3, -0.25) is 0 Å². The van der Waals surface area contributed by atoms with Gasteiger partial charge in [0.2, 0.25) is 5.82 Å². The lowest BCUT2D eigenvalue weighted by Gasteiger charge is -2.04. The molecule has 0 atom stereocenters. The summed E-state index contributed by atoms with van der Waals surface area (Å²) in [5, 5.41) is 16.0. The number of methoxy groups -OCH3 is 1. The van der Waals surface area contributed by atoms with E-state index >= 15 is 0 Å². The summed E-state index contributed by atoms with van der Waals surface area (Å²) in [6.45, 7) is 1.72. The van der Waals surface area contributed by atoms with Gasteiger partial charge in [0.1, 0.15) is 5.75 Å². The highest BCUT2D eigenvalue weighted by molar-refractivity contribution is 6.33. The zero-order valence-corrected chi connectivity index (χ0v) is 9.56. The Balaban J connectivity index is 2.44. The highest BCUT2D eigenvalue weighted by Gasteiger charge is 2.08. The monoisotopic (exact) mass is 236 g/mol. The van der Waals surface area contributed by atoms with E-state index in [1.165, 1.54) is 0 Å². The maximum Gasteiger partial charge on any atom is 0.205 e. The molecule has 0 spiro atoms. The molecule has 0 fully saturated rings. The standard InChI is InChI=1S/C10H9ClN4O/c1-6-12-14-10(15-13-6)8-4-3-7(16-2)5-9(8)11/h3-5H,1-2H3. The molecular formula is C10H9ClN4O. The van der Waals surface area contributed by atoms with Crippen molar-refractivity contribution in [3.63, 3.8) is 0 Å². The van der Waals surface area contributed by atoms with Crippen LogP contribution in [0.4, 0.5) is 0 Å². The van der Waals surface area contributed by atoms with Crippen LogP contribution in [0.5, 0.6) is 5.75 Å². The van der Waals surface area contributed by atoms with Crippen LogP contribution in [-0.4, -0.2) is 27.5 Å². The number of nitrogens with zero attached hydrogens (tertiary/aromatic N) is 4. The Kier molecular flexibility index (Phi) is 2.96. The summed E-state index contributed by atoms with van der Waals surface area (Å²) in [6, 6.07) is 5.25. The Bertz CT molecular complexity index is 501. The van der Waals surface area contributed by atoms with Gasteiger partial charge in [0.25, 0.3) is 0 Å². The van der Waals surface area contributed by atoms with Crippen molar-refractivity contribution in [3.05, 3.63) is 29.0 Å². The van der Waals surface area contributed by atoms with E-state index in [1.807, 2.05) is 0 Å². The lowest BCUT2D eigenvalue weighted by atomic mass is 10.2. The van der Waals surface area contributed by atoms with Crippen LogP contribution in [0.3, 0.4) is 0 Å². The molecule has 1 heterocycles. The second kappa shape index (κ2) is 4.40. The quantitative estimate of drug-likeness (QED) is 0.797. The fourth-order valence-corrected chi connectivity index (χ4v) is 1.45. The summed E-state index contributed by atoms with van der Waals surface area (Å²) in [4.78, 5) is 0. The summed E-state index contributed by atoms with van der Waals surface area (Å²) in [5.41, 5.74) is 0.683. The number of hydrogen-bond acceptors (Lipinski definition) is 5. The molecule has 82 valence electrons. The molecule has 0 bridgehead atoms. The van der Waals surface area contributed by atoms with Crippen molar-refractivity contribution < 1.29 is 4.74 Å². The Morgan fingerprint density at radius 3 is 2.38 bits per heavy atom. The van der Waals surface area contributed by atoms with Crippen LogP contribution < -0.4 is 4.74 Å². The van der Waals surface area contributed by atoms with Gasteiger partial charge < -0.3 is 4.74 Å². The molecule has 0 saturated heterocycles. The van der Waals surface area contributed by atoms with Crippen molar-refractivity contribution in [1.82, 2.24) is 20.4 Å². The van der Waals surface area contributed by atoms with Crippen molar-refractivity contribution in [2.24, 2.45) is 0 Å². The molecule has 6 heteroatoms. The van der Waals surface area contributed by atoms with Crippen LogP contribution >= 0.6 is 11.6 Å². The minimum atomic E-state index is 0.401. The molecule has 1 aromatic carbocycles. The SMILES string of the molecule is COc1ccc(-c2nnc(C)nn2)c(Cl)c1. The maximum atomic E-state index is 6.07. The lowest BCUT2D eigenvalue weighted by Crippen LogP contribution is -1.99. The van der Waals surface area contributed by atoms with Gasteiger partial charge in [0, 0.05) is 5.56 Å². The first kappa shape index (κ1) is 10.8. The van der Waals surface area contributed by atoms with Gasteiger partial charge in [-0.2, -0.15) is 0 Å². The largest absolute Gasteiger partial charge is 0.497 e. The third-order valence-electron chi connectivity index (χ3n) is 2.00. The fraction of sp³-hybridized carbons (Fsp3) is 0.200. The van der Waals surface area contributed by atoms with Crippen LogP contribution in [0.1, 0.15) is 5.82 Å². The molecule has 0 unspecified atom stereocenters. The average Bonchev–Trinajstić information content (AvgIpc) is 2.30. The number of rotatable bonds is 2. The smallest absolute Gasteiger partial charge is 0.205 e. The zero-order chi connectivity index (χ0) is 11.5. The van der Waals surface area contributed by atoms with Crippen molar-refractivity contribution in [1.29, 1.82) is 0 Å². The topological polar surface area (TPSA) is 60.8 Å². The Morgan fingerprint density at radius 1 is 1.12 bits per heavy atom. The van der Waals surface area contributed by atoms with E-state index in [9.17, 15) is 0 Å². The number of benzene rings is 1. The first-order chi connectivity index (χ1) is 7.70. The van der Waals surface area contributed by atoms with Crippen molar-refractivity contribution in [2.45, 2.75) is 6.92 Å². The van der Waals surface area contributed by atoms with Gasteiger partial charge in [-0.25, -0.2) is 0 Å². The Labute approximate surface area is 97.5 Å². The van der Waals surface area contributed by atoms with E-state index in [0.717, 1.165) is 0 Å². The average molecular weight is 237 g/mol. The van der Waals surface area contributed by atoms with Crippen molar-refractivity contribution in [2.75, 3.05) is 7.11 Å². The normalized spacial score (nSPS) is 10.2. The summed E-state index contributed by atoms with van der Waals surface area (Å²) < 4.78 is 5.05. The van der Waals surface area contributed by atoms with E-state index in [4.69, 9.17) is 16.3 Å². The zero-order valence-electron chi connectivity index (χ0n) is 8.81. The molecular weight excluding hydrogens is 228 g/mol. The fourth-order valence-electron chi connectivity index (χ4n) is 1.19. The molecule has 0 amide bonds. The lowest BCUT2D eigenvalue weighted by molar-refractivity contribution is 0.415. The molecule has 0 saturated carbocycles. The summed E-state index contributed by atoms with van der Waals surface area (Å²) in [6.07, 6.45) is 0. The number of halogens is 1. The predicted octanol–water partition coefficient (Wildman–Crippen LogP) is 1.90. The first-order valence-electron chi connectivity index (χ1n) is 4.58. The van der Waals surface area contributed by atoms with Crippen LogP contribution in [0.2, 0.25) is 5.02 Å². The molecule has 2 aromatic rings.